The number of benzene rings is 2. The lowest BCUT2D eigenvalue weighted by Gasteiger charge is -2.49. The Morgan fingerprint density at radius 2 is 1.71 bits per heavy atom. The Bertz CT molecular complexity index is 2310. The number of sulfonamides is 1. The van der Waals surface area contributed by atoms with E-state index >= 15 is 0 Å². The molecule has 2 aromatic carbocycles. The average molecular weight is 827 g/mol. The molecule has 1 unspecified atom stereocenters. The number of aromatic hydroxyl groups is 1. The largest absolute Gasteiger partial charge is 0.508 e. The first-order valence-electron chi connectivity index (χ1n) is 16.7. The summed E-state index contributed by atoms with van der Waals surface area (Å²) in [5, 5.41) is 53.4. The van der Waals surface area contributed by atoms with Crippen LogP contribution in [0.2, 0.25) is 0 Å². The predicted octanol–water partition coefficient (Wildman–Crippen LogP) is -0.157. The molecule has 19 nitrogen and oxygen atoms in total. The summed E-state index contributed by atoms with van der Waals surface area (Å²) in [7, 11) is -4.04. The Labute approximate surface area is 326 Å². The number of fused-ring (bicyclic) bond motifs is 1. The summed E-state index contributed by atoms with van der Waals surface area (Å²) in [6.07, 6.45) is 1.48. The number of H-pyrrole nitrogens is 2. The van der Waals surface area contributed by atoms with Crippen molar-refractivity contribution in [2.45, 2.75) is 27.4 Å². The second-order valence-corrected chi connectivity index (χ2v) is 16.3. The van der Waals surface area contributed by atoms with E-state index in [1.54, 1.807) is 0 Å². The van der Waals surface area contributed by atoms with Crippen LogP contribution in [0.25, 0.3) is 11.3 Å². The highest BCUT2D eigenvalue weighted by Crippen LogP contribution is 2.41. The molecule has 1 fully saturated rings. The number of carboxylic acids is 1. The maximum Gasteiger partial charge on any atom is 0.352 e. The summed E-state index contributed by atoms with van der Waals surface area (Å²) in [4.78, 5) is 69.7. The lowest BCUT2D eigenvalue weighted by molar-refractivity contribution is -0.151. The lowest BCUT2D eigenvalue weighted by atomic mass is 10.0. The second-order valence-electron chi connectivity index (χ2n) is 12.2. The molecule has 4 heterocycles. The van der Waals surface area contributed by atoms with Gasteiger partial charge in [0.05, 0.1) is 24.3 Å². The molecule has 0 radical (unpaired) electrons. The molecule has 2 aliphatic rings. The van der Waals surface area contributed by atoms with E-state index in [1.807, 2.05) is 0 Å². The van der Waals surface area contributed by atoms with E-state index in [2.05, 4.69) is 31.0 Å². The molecule has 0 saturated carbocycles. The molecule has 2 aliphatic heterocycles. The Morgan fingerprint density at radius 3 is 2.32 bits per heavy atom. The van der Waals surface area contributed by atoms with Crippen molar-refractivity contribution in [2.24, 2.45) is 0 Å². The number of phenols is 1. The Kier molecular flexibility index (Phi) is 12.3. The third kappa shape index (κ3) is 8.34. The van der Waals surface area contributed by atoms with Gasteiger partial charge in [-0.25, -0.2) is 13.2 Å². The molecule has 0 spiro atoms. The standard InChI is InChI=1S/C34H34N8O11S3/c43-13-11-41(12-14-44)56(52,53)22-7-3-18(4-8-22)24-10-9-23(29(46)36-24)30(47)37-26(19-1-5-21(45)6-2-19)31(48)38-27-32(49)42-28(34(50)51)20(17-55-33(27)42)16-54-25-15-35-40-39-25/h1-10,15,26-27,33,43-45H,11-14,16-17H2,(H,36,46)(H,37,47)(H,38,48)(H,50,51)(H,35,39,40)/t26-,27?,33-/m1/s1. The van der Waals surface area contributed by atoms with Gasteiger partial charge in [0.15, 0.2) is 0 Å². The van der Waals surface area contributed by atoms with Gasteiger partial charge >= 0.3 is 5.97 Å². The van der Waals surface area contributed by atoms with Crippen molar-refractivity contribution in [2.75, 3.05) is 37.8 Å². The van der Waals surface area contributed by atoms with Gasteiger partial charge in [0.2, 0.25) is 15.9 Å². The van der Waals surface area contributed by atoms with E-state index in [0.717, 1.165) is 9.21 Å². The number of nitrogens with zero attached hydrogens (tertiary/aromatic N) is 4. The summed E-state index contributed by atoms with van der Waals surface area (Å²) in [5.41, 5.74) is -0.0891. The van der Waals surface area contributed by atoms with Crippen LogP contribution in [0.15, 0.2) is 92.8 Å². The molecular weight excluding hydrogens is 793 g/mol. The predicted molar refractivity (Wildman–Crippen MR) is 201 cm³/mol. The number of aromatic amines is 2. The van der Waals surface area contributed by atoms with E-state index in [-0.39, 0.29) is 57.8 Å². The van der Waals surface area contributed by atoms with Crippen LogP contribution >= 0.6 is 23.5 Å². The number of pyridine rings is 1. The fraction of sp³-hybridized carbons (Fsp3) is 0.265. The quantitative estimate of drug-likeness (QED) is 0.0538. The number of aliphatic hydroxyl groups excluding tert-OH is 2. The van der Waals surface area contributed by atoms with Crippen LogP contribution in [0.5, 0.6) is 5.75 Å². The zero-order valence-corrected chi connectivity index (χ0v) is 31.4. The number of carbonyl (C=O) groups excluding carboxylic acids is 3. The van der Waals surface area contributed by atoms with E-state index in [9.17, 15) is 52.8 Å². The van der Waals surface area contributed by atoms with Gasteiger partial charge in [-0.1, -0.05) is 36.0 Å². The van der Waals surface area contributed by atoms with Gasteiger partial charge in [-0.2, -0.15) is 14.6 Å². The summed E-state index contributed by atoms with van der Waals surface area (Å²) >= 11 is 2.50. The lowest BCUT2D eigenvalue weighted by Crippen LogP contribution is -2.71. The number of phenolic OH excluding ortho intramolecular Hbond substituents is 1. The van der Waals surface area contributed by atoms with Gasteiger partial charge in [0.1, 0.15) is 39.5 Å². The minimum absolute atomic E-state index is 0.111. The van der Waals surface area contributed by atoms with Crippen molar-refractivity contribution in [1.82, 2.24) is 40.2 Å². The molecule has 3 amide bonds. The van der Waals surface area contributed by atoms with Crippen LogP contribution in [0, 0.1) is 0 Å². The number of carboxylic acid groups (broad SMARTS) is 1. The van der Waals surface area contributed by atoms with E-state index in [1.165, 1.54) is 90.4 Å². The van der Waals surface area contributed by atoms with Gasteiger partial charge < -0.3 is 36.0 Å². The first-order valence-corrected chi connectivity index (χ1v) is 20.2. The molecule has 8 N–H and O–H groups in total. The van der Waals surface area contributed by atoms with Crippen molar-refractivity contribution >= 4 is 57.2 Å². The van der Waals surface area contributed by atoms with Crippen molar-refractivity contribution in [3.05, 3.63) is 99.6 Å². The van der Waals surface area contributed by atoms with Crippen LogP contribution in [0.1, 0.15) is 22.0 Å². The minimum atomic E-state index is -4.04. The Balaban J connectivity index is 1.17. The monoisotopic (exact) mass is 826 g/mol. The first kappa shape index (κ1) is 40.2. The molecule has 1 saturated heterocycles. The summed E-state index contributed by atoms with van der Waals surface area (Å²) < 4.78 is 26.9. The van der Waals surface area contributed by atoms with Crippen molar-refractivity contribution < 1.29 is 48.0 Å². The Hall–Kier alpha value is -5.52. The van der Waals surface area contributed by atoms with Crippen molar-refractivity contribution in [3.63, 3.8) is 0 Å². The molecule has 6 rings (SSSR count). The van der Waals surface area contributed by atoms with Crippen LogP contribution < -0.4 is 16.2 Å². The number of carbonyl (C=O) groups is 4. The summed E-state index contributed by atoms with van der Waals surface area (Å²) in [6, 6.07) is 10.8. The van der Waals surface area contributed by atoms with Crippen LogP contribution in [-0.4, -0.2) is 131 Å². The van der Waals surface area contributed by atoms with E-state index in [4.69, 9.17) is 0 Å². The number of hydrogen-bond acceptors (Lipinski definition) is 14. The number of thioether (sulfide) groups is 2. The fourth-order valence-corrected chi connectivity index (χ4v) is 9.67. The van der Waals surface area contributed by atoms with E-state index < -0.39 is 69.9 Å². The average Bonchev–Trinajstić information content (AvgIpc) is 3.72. The highest BCUT2D eigenvalue weighted by molar-refractivity contribution is 8.01. The maximum atomic E-state index is 13.8. The molecule has 4 aromatic rings. The van der Waals surface area contributed by atoms with Gasteiger partial charge in [-0.3, -0.25) is 24.1 Å². The molecule has 2 aromatic heterocycles. The Morgan fingerprint density at radius 1 is 1.02 bits per heavy atom. The number of amides is 3. The number of rotatable bonds is 16. The topological polar surface area (TPSA) is 288 Å². The smallest absolute Gasteiger partial charge is 0.352 e. The summed E-state index contributed by atoms with van der Waals surface area (Å²) in [6.45, 7) is -1.33. The third-order valence-corrected chi connectivity index (χ3v) is 13.0. The molecule has 0 bridgehead atoms. The number of aliphatic hydroxyl groups is 2. The van der Waals surface area contributed by atoms with Gasteiger partial charge in [0, 0.05) is 30.3 Å². The first-order chi connectivity index (χ1) is 26.8. The number of aliphatic carboxylic acids is 1. The molecule has 22 heteroatoms. The minimum Gasteiger partial charge on any atom is -0.508 e. The van der Waals surface area contributed by atoms with Gasteiger partial charge in [-0.05, 0) is 53.1 Å². The fourth-order valence-electron chi connectivity index (χ4n) is 5.98. The van der Waals surface area contributed by atoms with Crippen LogP contribution in [-0.2, 0) is 24.4 Å². The highest BCUT2D eigenvalue weighted by atomic mass is 32.2. The van der Waals surface area contributed by atoms with Gasteiger partial charge in [0.25, 0.3) is 17.4 Å². The van der Waals surface area contributed by atoms with Gasteiger partial charge in [-0.15, -0.1) is 16.9 Å². The second kappa shape index (κ2) is 17.1. The van der Waals surface area contributed by atoms with Crippen LogP contribution in [0.4, 0.5) is 0 Å². The molecule has 0 aliphatic carbocycles. The number of β-lactam (4-membered cyclic amide) rings is 1. The number of aromatic nitrogens is 4. The number of nitrogens with one attached hydrogen (secondary N) is 4. The highest BCUT2D eigenvalue weighted by Gasteiger charge is 2.54. The normalized spacial score (nSPS) is 17.3. The molecule has 56 heavy (non-hydrogen) atoms. The van der Waals surface area contributed by atoms with Crippen molar-refractivity contribution in [1.29, 1.82) is 0 Å². The zero-order chi connectivity index (χ0) is 40.1. The number of hydrogen-bond donors (Lipinski definition) is 8. The summed E-state index contributed by atoms with van der Waals surface area (Å²) in [5.74, 6) is -3.41. The van der Waals surface area contributed by atoms with Crippen molar-refractivity contribution in [3.8, 4) is 17.0 Å². The molecule has 294 valence electrons. The van der Waals surface area contributed by atoms with Crippen LogP contribution in [0.3, 0.4) is 0 Å². The van der Waals surface area contributed by atoms with E-state index in [0.29, 0.717) is 16.2 Å². The SMILES string of the molecule is O=C(O)C1=C(CSc2cn[nH]n2)CS[C@@H]2C(NC(=O)[C@H](NC(=O)c3ccc(-c4ccc(S(=O)(=O)N(CCO)CCO)cc4)[nH]c3=O)c3ccc(O)cc3)C(=O)N12. The maximum absolute atomic E-state index is 13.8. The third-order valence-electron chi connectivity index (χ3n) is 8.75. The molecular formula is C34H34N8O11S3. The molecule has 3 atom stereocenters. The zero-order valence-electron chi connectivity index (χ0n) is 29.0.